The molecule has 2 rings (SSSR count). The molecule has 2 aromatic rings. The van der Waals surface area contributed by atoms with Crippen molar-refractivity contribution in [2.24, 2.45) is 0 Å². The van der Waals surface area contributed by atoms with E-state index in [1.54, 1.807) is 7.11 Å². The van der Waals surface area contributed by atoms with Gasteiger partial charge in [0.25, 0.3) is 0 Å². The van der Waals surface area contributed by atoms with Gasteiger partial charge in [-0.1, -0.05) is 26.8 Å². The summed E-state index contributed by atoms with van der Waals surface area (Å²) in [7, 11) is 1.55. The van der Waals surface area contributed by atoms with Crippen LogP contribution in [0.1, 0.15) is 36.8 Å². The highest BCUT2D eigenvalue weighted by atomic mass is 16.5. The molecule has 0 amide bonds. The molecule has 0 unspecified atom stereocenters. The second kappa shape index (κ2) is 5.00. The molecule has 0 aliphatic carbocycles. The average molecular weight is 275 g/mol. The number of carboxylic acid groups (broad SMARTS) is 1. The molecule has 0 atom stereocenters. The topological polar surface area (TPSA) is 72.6 Å². The Hall–Kier alpha value is -2.30. The summed E-state index contributed by atoms with van der Waals surface area (Å²) < 4.78 is 10.5. The lowest BCUT2D eigenvalue weighted by Crippen LogP contribution is -2.11. The maximum Gasteiger partial charge on any atom is 0.357 e. The van der Waals surface area contributed by atoms with Crippen LogP contribution in [-0.2, 0) is 5.41 Å². The van der Waals surface area contributed by atoms with E-state index < -0.39 is 5.97 Å². The summed E-state index contributed by atoms with van der Waals surface area (Å²) in [6.45, 7) is 6.28. The number of carbonyl (C=O) groups is 1. The van der Waals surface area contributed by atoms with E-state index in [2.05, 4.69) is 25.8 Å². The predicted octanol–water partition coefficient (Wildman–Crippen LogP) is 3.35. The van der Waals surface area contributed by atoms with Crippen LogP contribution in [0.15, 0.2) is 28.9 Å². The number of carboxylic acids is 1. The van der Waals surface area contributed by atoms with E-state index in [0.29, 0.717) is 11.3 Å². The lowest BCUT2D eigenvalue weighted by molar-refractivity contribution is 0.0690. The van der Waals surface area contributed by atoms with E-state index in [1.807, 2.05) is 18.2 Å². The number of benzene rings is 1. The Labute approximate surface area is 117 Å². The second-order valence-electron chi connectivity index (χ2n) is 5.51. The first-order valence-corrected chi connectivity index (χ1v) is 6.20. The minimum atomic E-state index is -1.12. The molecule has 0 spiro atoms. The Morgan fingerprint density at radius 2 is 2.05 bits per heavy atom. The number of hydrogen-bond donors (Lipinski definition) is 1. The van der Waals surface area contributed by atoms with Crippen LogP contribution in [0.2, 0.25) is 0 Å². The SMILES string of the molecule is COc1ccc(C(C)(C)C)cc1-c1nc(C(=O)O)co1. The summed E-state index contributed by atoms with van der Waals surface area (Å²) in [4.78, 5) is 14.8. The largest absolute Gasteiger partial charge is 0.496 e. The lowest BCUT2D eigenvalue weighted by atomic mass is 9.86. The number of rotatable bonds is 3. The van der Waals surface area contributed by atoms with Gasteiger partial charge in [-0.15, -0.1) is 0 Å². The third-order valence-electron chi connectivity index (χ3n) is 3.02. The molecule has 0 aliphatic heterocycles. The van der Waals surface area contributed by atoms with Crippen molar-refractivity contribution in [1.82, 2.24) is 4.98 Å². The fourth-order valence-electron chi connectivity index (χ4n) is 1.84. The summed E-state index contributed by atoms with van der Waals surface area (Å²) in [6.07, 6.45) is 1.13. The maximum absolute atomic E-state index is 10.9. The van der Waals surface area contributed by atoms with Crippen molar-refractivity contribution < 1.29 is 19.1 Å². The fourth-order valence-corrected chi connectivity index (χ4v) is 1.84. The van der Waals surface area contributed by atoms with Crippen LogP contribution in [0.25, 0.3) is 11.5 Å². The number of aromatic carboxylic acids is 1. The molecule has 5 nitrogen and oxygen atoms in total. The van der Waals surface area contributed by atoms with Gasteiger partial charge in [-0.3, -0.25) is 0 Å². The number of methoxy groups -OCH3 is 1. The highest BCUT2D eigenvalue weighted by molar-refractivity contribution is 5.85. The van der Waals surface area contributed by atoms with E-state index in [1.165, 1.54) is 0 Å². The first-order valence-electron chi connectivity index (χ1n) is 6.20. The van der Waals surface area contributed by atoms with Crippen molar-refractivity contribution in [2.45, 2.75) is 26.2 Å². The zero-order valence-electron chi connectivity index (χ0n) is 11.9. The van der Waals surface area contributed by atoms with E-state index >= 15 is 0 Å². The van der Waals surface area contributed by atoms with E-state index in [0.717, 1.165) is 11.8 Å². The normalized spacial score (nSPS) is 11.4. The van der Waals surface area contributed by atoms with Gasteiger partial charge in [-0.2, -0.15) is 0 Å². The summed E-state index contributed by atoms with van der Waals surface area (Å²) in [5, 5.41) is 8.90. The molecule has 0 fully saturated rings. The van der Waals surface area contributed by atoms with Crippen molar-refractivity contribution >= 4 is 5.97 Å². The Morgan fingerprint density at radius 1 is 1.35 bits per heavy atom. The summed E-state index contributed by atoms with van der Waals surface area (Å²) in [6, 6.07) is 5.72. The molecule has 0 radical (unpaired) electrons. The molecule has 0 saturated carbocycles. The number of nitrogens with zero attached hydrogens (tertiary/aromatic N) is 1. The van der Waals surface area contributed by atoms with Crippen molar-refractivity contribution in [2.75, 3.05) is 7.11 Å². The molecule has 1 N–H and O–H groups in total. The standard InChI is InChI=1S/C15H17NO4/c1-15(2,3)9-5-6-12(19-4)10(7-9)13-16-11(8-20-13)14(17)18/h5-8H,1-4H3,(H,17,18). The zero-order chi connectivity index (χ0) is 14.9. The molecular weight excluding hydrogens is 258 g/mol. The number of oxazole rings is 1. The molecule has 0 bridgehead atoms. The van der Waals surface area contributed by atoms with Gasteiger partial charge in [0.2, 0.25) is 5.89 Å². The highest BCUT2D eigenvalue weighted by Crippen LogP contribution is 2.34. The van der Waals surface area contributed by atoms with Crippen LogP contribution in [-0.4, -0.2) is 23.2 Å². The van der Waals surface area contributed by atoms with Crippen molar-refractivity contribution in [3.05, 3.63) is 35.7 Å². The molecule has 5 heteroatoms. The van der Waals surface area contributed by atoms with Gasteiger partial charge in [0.15, 0.2) is 5.69 Å². The van der Waals surface area contributed by atoms with Crippen LogP contribution < -0.4 is 4.74 Å². The molecule has 106 valence electrons. The molecule has 20 heavy (non-hydrogen) atoms. The van der Waals surface area contributed by atoms with Gasteiger partial charge in [0.05, 0.1) is 12.7 Å². The Balaban J connectivity index is 2.55. The van der Waals surface area contributed by atoms with Gasteiger partial charge < -0.3 is 14.3 Å². The van der Waals surface area contributed by atoms with Crippen LogP contribution in [0.5, 0.6) is 5.75 Å². The third-order valence-corrected chi connectivity index (χ3v) is 3.02. The number of hydrogen-bond acceptors (Lipinski definition) is 4. The van der Waals surface area contributed by atoms with Gasteiger partial charge in [-0.25, -0.2) is 9.78 Å². The minimum absolute atomic E-state index is 0.0385. The second-order valence-corrected chi connectivity index (χ2v) is 5.51. The first kappa shape index (κ1) is 14.1. The number of aromatic nitrogens is 1. The van der Waals surface area contributed by atoms with Crippen molar-refractivity contribution in [1.29, 1.82) is 0 Å². The number of ether oxygens (including phenoxy) is 1. The molecule has 1 aromatic carbocycles. The predicted molar refractivity (Wildman–Crippen MR) is 74.2 cm³/mol. The quantitative estimate of drug-likeness (QED) is 0.930. The average Bonchev–Trinajstić information content (AvgIpc) is 2.86. The van der Waals surface area contributed by atoms with Gasteiger partial charge in [0, 0.05) is 0 Å². The van der Waals surface area contributed by atoms with Gasteiger partial charge >= 0.3 is 5.97 Å². The first-order chi connectivity index (χ1) is 9.32. The summed E-state index contributed by atoms with van der Waals surface area (Å²) in [5.41, 5.74) is 1.57. The van der Waals surface area contributed by atoms with Crippen molar-refractivity contribution in [3.63, 3.8) is 0 Å². The molecule has 1 heterocycles. The van der Waals surface area contributed by atoms with E-state index in [-0.39, 0.29) is 17.0 Å². The Bertz CT molecular complexity index is 638. The maximum atomic E-state index is 10.9. The van der Waals surface area contributed by atoms with E-state index in [9.17, 15) is 4.79 Å². The summed E-state index contributed by atoms with van der Waals surface area (Å²) in [5.74, 6) is -0.284. The molecule has 0 aliphatic rings. The Morgan fingerprint density at radius 3 is 2.55 bits per heavy atom. The van der Waals surface area contributed by atoms with E-state index in [4.69, 9.17) is 14.3 Å². The van der Waals surface area contributed by atoms with Crippen molar-refractivity contribution in [3.8, 4) is 17.2 Å². The summed E-state index contributed by atoms with van der Waals surface area (Å²) >= 11 is 0. The highest BCUT2D eigenvalue weighted by Gasteiger charge is 2.20. The van der Waals surface area contributed by atoms with Crippen LogP contribution in [0.4, 0.5) is 0 Å². The zero-order valence-corrected chi connectivity index (χ0v) is 11.9. The molecular formula is C15H17NO4. The Kier molecular flexibility index (Phi) is 3.53. The van der Waals surface area contributed by atoms with Crippen LogP contribution in [0.3, 0.4) is 0 Å². The third kappa shape index (κ3) is 2.66. The lowest BCUT2D eigenvalue weighted by Gasteiger charge is -2.20. The minimum Gasteiger partial charge on any atom is -0.496 e. The smallest absolute Gasteiger partial charge is 0.357 e. The van der Waals surface area contributed by atoms with Crippen LogP contribution >= 0.6 is 0 Å². The van der Waals surface area contributed by atoms with Gasteiger partial charge in [-0.05, 0) is 23.1 Å². The molecule has 0 saturated heterocycles. The molecule has 1 aromatic heterocycles. The van der Waals surface area contributed by atoms with Crippen LogP contribution in [0, 0.1) is 0 Å². The monoisotopic (exact) mass is 275 g/mol. The fraction of sp³-hybridized carbons (Fsp3) is 0.333. The van der Waals surface area contributed by atoms with Gasteiger partial charge in [0.1, 0.15) is 12.0 Å².